The summed E-state index contributed by atoms with van der Waals surface area (Å²) in [4.78, 5) is 6.54. The number of hydrogen-bond donors (Lipinski definition) is 0. The van der Waals surface area contributed by atoms with Crippen molar-refractivity contribution in [3.05, 3.63) is 53.7 Å². The molecule has 0 bridgehead atoms. The topological polar surface area (TPSA) is 16.1 Å². The van der Waals surface area contributed by atoms with E-state index in [4.69, 9.17) is 11.6 Å². The molecule has 2 rings (SSSR count). The van der Waals surface area contributed by atoms with Gasteiger partial charge in [0.15, 0.2) is 0 Å². The zero-order valence-corrected chi connectivity index (χ0v) is 10.8. The van der Waals surface area contributed by atoms with Gasteiger partial charge in [-0.05, 0) is 36.2 Å². The molecule has 3 heteroatoms. The van der Waals surface area contributed by atoms with Crippen LogP contribution in [0.5, 0.6) is 0 Å². The zero-order valence-electron chi connectivity index (χ0n) is 10.0. The molecule has 0 saturated carbocycles. The minimum atomic E-state index is 0.503. The van der Waals surface area contributed by atoms with E-state index >= 15 is 0 Å². The second-order valence-corrected chi connectivity index (χ2v) is 4.28. The highest BCUT2D eigenvalue weighted by atomic mass is 35.5. The first-order chi connectivity index (χ1) is 8.22. The fourth-order valence-electron chi connectivity index (χ4n) is 1.82. The number of hydrogen-bond acceptors (Lipinski definition) is 2. The van der Waals surface area contributed by atoms with Crippen LogP contribution in [0.15, 0.2) is 42.6 Å². The van der Waals surface area contributed by atoms with Gasteiger partial charge in [0.1, 0.15) is 5.82 Å². The van der Waals surface area contributed by atoms with E-state index in [1.165, 1.54) is 0 Å². The van der Waals surface area contributed by atoms with Crippen LogP contribution in [0, 0.1) is 6.92 Å². The summed E-state index contributed by atoms with van der Waals surface area (Å²) in [6.45, 7) is 2.05. The van der Waals surface area contributed by atoms with Crippen molar-refractivity contribution in [3.8, 4) is 0 Å². The number of rotatable bonds is 3. The lowest BCUT2D eigenvalue weighted by molar-refractivity contribution is 1.09. The van der Waals surface area contributed by atoms with E-state index in [0.717, 1.165) is 22.6 Å². The van der Waals surface area contributed by atoms with E-state index in [-0.39, 0.29) is 0 Å². The molecule has 0 aliphatic rings. The Labute approximate surface area is 107 Å². The minimum absolute atomic E-state index is 0.503. The molecular formula is C14H15ClN2. The Hall–Kier alpha value is -1.54. The summed E-state index contributed by atoms with van der Waals surface area (Å²) in [7, 11) is 2.02. The summed E-state index contributed by atoms with van der Waals surface area (Å²) >= 11 is 5.79. The van der Waals surface area contributed by atoms with Crippen molar-refractivity contribution in [1.82, 2.24) is 4.98 Å². The summed E-state index contributed by atoms with van der Waals surface area (Å²) in [5, 5.41) is 0. The van der Waals surface area contributed by atoms with Gasteiger partial charge >= 0.3 is 0 Å². The molecule has 0 fully saturated rings. The fourth-order valence-corrected chi connectivity index (χ4v) is 1.97. The molecule has 88 valence electrons. The SMILES string of the molecule is Cc1cc(CCl)cnc1N(C)c1ccccc1. The molecule has 1 heterocycles. The van der Waals surface area contributed by atoms with Gasteiger partial charge in [0.25, 0.3) is 0 Å². The smallest absolute Gasteiger partial charge is 0.135 e. The van der Waals surface area contributed by atoms with E-state index in [9.17, 15) is 0 Å². The molecule has 2 aromatic rings. The quantitative estimate of drug-likeness (QED) is 0.764. The van der Waals surface area contributed by atoms with Crippen molar-refractivity contribution in [1.29, 1.82) is 0 Å². The van der Waals surface area contributed by atoms with Crippen molar-refractivity contribution in [2.75, 3.05) is 11.9 Å². The predicted molar refractivity (Wildman–Crippen MR) is 73.0 cm³/mol. The standard InChI is InChI=1S/C14H15ClN2/c1-11-8-12(9-15)10-16-14(11)17(2)13-6-4-3-5-7-13/h3-8,10H,9H2,1-2H3. The summed E-state index contributed by atoms with van der Waals surface area (Å²) in [6, 6.07) is 12.3. The number of nitrogens with zero attached hydrogens (tertiary/aromatic N) is 2. The highest BCUT2D eigenvalue weighted by Crippen LogP contribution is 2.24. The van der Waals surface area contributed by atoms with Crippen LogP contribution in [0.3, 0.4) is 0 Å². The van der Waals surface area contributed by atoms with Gasteiger partial charge in [0, 0.05) is 24.8 Å². The van der Waals surface area contributed by atoms with Gasteiger partial charge in [-0.1, -0.05) is 18.2 Å². The van der Waals surface area contributed by atoms with Crippen LogP contribution >= 0.6 is 11.6 Å². The van der Waals surface area contributed by atoms with Gasteiger partial charge in [-0.25, -0.2) is 4.98 Å². The van der Waals surface area contributed by atoms with Crippen LogP contribution in [-0.2, 0) is 5.88 Å². The number of aromatic nitrogens is 1. The predicted octanol–water partition coefficient (Wildman–Crippen LogP) is 3.90. The maximum absolute atomic E-state index is 5.79. The molecule has 0 unspecified atom stereocenters. The lowest BCUT2D eigenvalue weighted by Gasteiger charge is -2.20. The monoisotopic (exact) mass is 246 g/mol. The van der Waals surface area contributed by atoms with Crippen LogP contribution < -0.4 is 4.90 Å². The van der Waals surface area contributed by atoms with Crippen LogP contribution in [-0.4, -0.2) is 12.0 Å². The Bertz CT molecular complexity index is 497. The van der Waals surface area contributed by atoms with Crippen LogP contribution in [0.4, 0.5) is 11.5 Å². The molecule has 0 amide bonds. The van der Waals surface area contributed by atoms with E-state index < -0.39 is 0 Å². The average molecular weight is 247 g/mol. The van der Waals surface area contributed by atoms with Gasteiger partial charge < -0.3 is 4.90 Å². The maximum Gasteiger partial charge on any atom is 0.135 e. The van der Waals surface area contributed by atoms with E-state index in [0.29, 0.717) is 5.88 Å². The summed E-state index contributed by atoms with van der Waals surface area (Å²) in [5.41, 5.74) is 3.31. The number of halogens is 1. The van der Waals surface area contributed by atoms with Crippen LogP contribution in [0.1, 0.15) is 11.1 Å². The molecule has 1 aromatic carbocycles. The lowest BCUT2D eigenvalue weighted by Crippen LogP contribution is -2.12. The first kappa shape index (κ1) is 11.9. The minimum Gasteiger partial charge on any atom is -0.329 e. The van der Waals surface area contributed by atoms with Crippen molar-refractivity contribution in [2.24, 2.45) is 0 Å². The van der Waals surface area contributed by atoms with Crippen LogP contribution in [0.25, 0.3) is 0 Å². The Morgan fingerprint density at radius 1 is 1.24 bits per heavy atom. The van der Waals surface area contributed by atoms with Gasteiger partial charge in [-0.3, -0.25) is 0 Å². The molecule has 1 aromatic heterocycles. The number of benzene rings is 1. The largest absolute Gasteiger partial charge is 0.329 e. The molecule has 0 atom stereocenters. The third-order valence-electron chi connectivity index (χ3n) is 2.72. The molecule has 0 N–H and O–H groups in total. The number of para-hydroxylation sites is 1. The second-order valence-electron chi connectivity index (χ2n) is 4.01. The summed E-state index contributed by atoms with van der Waals surface area (Å²) < 4.78 is 0. The molecular weight excluding hydrogens is 232 g/mol. The van der Waals surface area contributed by atoms with Crippen molar-refractivity contribution in [2.45, 2.75) is 12.8 Å². The van der Waals surface area contributed by atoms with Gasteiger partial charge in [0.2, 0.25) is 0 Å². The number of anilines is 2. The Kier molecular flexibility index (Phi) is 3.64. The molecule has 17 heavy (non-hydrogen) atoms. The molecule has 2 nitrogen and oxygen atoms in total. The average Bonchev–Trinajstić information content (AvgIpc) is 2.39. The second kappa shape index (κ2) is 5.19. The Morgan fingerprint density at radius 2 is 1.94 bits per heavy atom. The first-order valence-corrected chi connectivity index (χ1v) is 6.06. The number of alkyl halides is 1. The number of aryl methyl sites for hydroxylation is 1. The summed E-state index contributed by atoms with van der Waals surface area (Å²) in [6.07, 6.45) is 1.83. The highest BCUT2D eigenvalue weighted by molar-refractivity contribution is 6.17. The molecule has 0 aliphatic heterocycles. The fraction of sp³-hybridized carbons (Fsp3) is 0.214. The zero-order chi connectivity index (χ0) is 12.3. The van der Waals surface area contributed by atoms with Crippen LogP contribution in [0.2, 0.25) is 0 Å². The molecule has 0 spiro atoms. The molecule has 0 saturated heterocycles. The molecule has 0 aliphatic carbocycles. The summed E-state index contributed by atoms with van der Waals surface area (Å²) in [5.74, 6) is 1.47. The van der Waals surface area contributed by atoms with Gasteiger partial charge in [0.05, 0.1) is 0 Å². The van der Waals surface area contributed by atoms with Gasteiger partial charge in [-0.15, -0.1) is 11.6 Å². The van der Waals surface area contributed by atoms with Gasteiger partial charge in [-0.2, -0.15) is 0 Å². The lowest BCUT2D eigenvalue weighted by atomic mass is 10.2. The van der Waals surface area contributed by atoms with E-state index in [1.54, 1.807) is 0 Å². The Morgan fingerprint density at radius 3 is 2.53 bits per heavy atom. The van der Waals surface area contributed by atoms with E-state index in [2.05, 4.69) is 35.0 Å². The van der Waals surface area contributed by atoms with Crippen molar-refractivity contribution in [3.63, 3.8) is 0 Å². The third kappa shape index (κ3) is 2.59. The van der Waals surface area contributed by atoms with Crippen molar-refractivity contribution < 1.29 is 0 Å². The maximum atomic E-state index is 5.79. The Balaban J connectivity index is 2.34. The molecule has 0 radical (unpaired) electrons. The van der Waals surface area contributed by atoms with Crippen molar-refractivity contribution >= 4 is 23.1 Å². The normalized spacial score (nSPS) is 10.3. The number of pyridine rings is 1. The third-order valence-corrected chi connectivity index (χ3v) is 3.03. The highest BCUT2D eigenvalue weighted by Gasteiger charge is 2.08. The van der Waals surface area contributed by atoms with E-state index in [1.807, 2.05) is 31.4 Å². The first-order valence-electron chi connectivity index (χ1n) is 5.52.